The van der Waals surface area contributed by atoms with Crippen LogP contribution >= 0.6 is 40.7 Å². The molecule has 0 amide bonds. The van der Waals surface area contributed by atoms with Crippen molar-refractivity contribution in [1.29, 1.82) is 0 Å². The van der Waals surface area contributed by atoms with Crippen molar-refractivity contribution in [2.45, 2.75) is 93.1 Å². The summed E-state index contributed by atoms with van der Waals surface area (Å²) in [5.41, 5.74) is 8.90. The van der Waals surface area contributed by atoms with Gasteiger partial charge in [0, 0.05) is 169 Å². The number of rotatable bonds is 15. The third kappa shape index (κ3) is 25.6. The van der Waals surface area contributed by atoms with Crippen molar-refractivity contribution in [2.24, 2.45) is 0 Å². The molecule has 0 spiro atoms. The molecule has 12 aromatic rings. The number of alkyl halides is 9. The lowest BCUT2D eigenvalue weighted by Crippen LogP contribution is -2.44. The first kappa shape index (κ1) is 96.5. The SMILES string of the molecule is Brc1cnc2cccnn12.C.C.C#Cc1cc(C(=O)Cc2ccc(CN3CCN(C)CC3)c(C(F)(F)F)c2)ccc1C.Cc1ccc(C(=O)Cc2ccc(CN3CCN(C)CC3)c(C(F)(F)F)c2)cc1C#Cc1cnc2cccnn12.Cc1ccc(C(=O)Cc2ccc(CN3CCN(C)CC3)c(C(F)(F)F)c2)cc1C#Cc1cnc2cccnn12.Cl.Cl. The van der Waals surface area contributed by atoms with Gasteiger partial charge in [-0.15, -0.1) is 31.2 Å². The molecule has 6 aromatic carbocycles. The molecule has 640 valence electrons. The monoisotopic (exact) mass is 1780 g/mol. The predicted molar refractivity (Wildman–Crippen MR) is 465 cm³/mol. The molecule has 0 unspecified atom stereocenters. The number of ketones is 3. The third-order valence-electron chi connectivity index (χ3n) is 20.8. The van der Waals surface area contributed by atoms with E-state index in [1.165, 1.54) is 18.2 Å². The molecule has 0 N–H and O–H groups in total. The number of aryl methyl sites for hydroxylation is 3. The Hall–Kier alpha value is -10.9. The van der Waals surface area contributed by atoms with Crippen molar-refractivity contribution < 1.29 is 53.9 Å². The molecule has 3 saturated heterocycles. The summed E-state index contributed by atoms with van der Waals surface area (Å²) in [5, 5.41) is 12.5. The van der Waals surface area contributed by atoms with Crippen molar-refractivity contribution in [3.63, 3.8) is 0 Å². The predicted octanol–water partition coefficient (Wildman–Crippen LogP) is 17.0. The summed E-state index contributed by atoms with van der Waals surface area (Å²) >= 11 is 3.30. The van der Waals surface area contributed by atoms with Gasteiger partial charge in [-0.2, -0.15) is 54.8 Å². The van der Waals surface area contributed by atoms with Gasteiger partial charge in [-0.1, -0.05) is 105 Å². The average Bonchev–Trinajstić information content (AvgIpc) is 1.31. The minimum Gasteiger partial charge on any atom is -0.304 e. The first-order chi connectivity index (χ1) is 56.4. The van der Waals surface area contributed by atoms with E-state index >= 15 is 0 Å². The fourth-order valence-electron chi connectivity index (χ4n) is 13.7. The van der Waals surface area contributed by atoms with Crippen LogP contribution in [0, 0.1) is 56.8 Å². The summed E-state index contributed by atoms with van der Waals surface area (Å²) in [6.45, 7) is 15.7. The first-order valence-corrected chi connectivity index (χ1v) is 38.9. The van der Waals surface area contributed by atoms with Crippen LogP contribution < -0.4 is 0 Å². The van der Waals surface area contributed by atoms with E-state index in [2.05, 4.69) is 90.5 Å². The van der Waals surface area contributed by atoms with Crippen molar-refractivity contribution in [3.8, 4) is 36.0 Å². The summed E-state index contributed by atoms with van der Waals surface area (Å²) in [4.78, 5) is 64.0. The number of halogens is 12. The van der Waals surface area contributed by atoms with Crippen molar-refractivity contribution in [1.82, 2.24) is 73.2 Å². The van der Waals surface area contributed by atoms with Crippen molar-refractivity contribution in [3.05, 3.63) is 299 Å². The molecule has 3 aliphatic rings. The van der Waals surface area contributed by atoms with E-state index in [4.69, 9.17) is 6.42 Å². The zero-order valence-electron chi connectivity index (χ0n) is 66.7. The lowest BCUT2D eigenvalue weighted by atomic mass is 9.96. The molecular weight excluding hydrogens is 1680 g/mol. The highest BCUT2D eigenvalue weighted by Crippen LogP contribution is 2.37. The maximum absolute atomic E-state index is 14.0. The topological polar surface area (TPSA) is 161 Å². The second-order valence-electron chi connectivity index (χ2n) is 29.5. The number of fused-ring (bicyclic) bond motifs is 3. The molecule has 18 nitrogen and oxygen atoms in total. The van der Waals surface area contributed by atoms with Crippen LogP contribution in [0.2, 0.25) is 0 Å². The van der Waals surface area contributed by atoms with E-state index < -0.39 is 35.2 Å². The minimum atomic E-state index is -4.50. The summed E-state index contributed by atoms with van der Waals surface area (Å²) in [7, 11) is 6.02. The molecule has 9 heterocycles. The van der Waals surface area contributed by atoms with E-state index in [1.807, 2.05) is 80.9 Å². The number of piperazine rings is 3. The Bertz CT molecular complexity index is 5580. The average molecular weight is 1780 g/mol. The third-order valence-corrected chi connectivity index (χ3v) is 21.3. The number of hydrogen-bond donors (Lipinski definition) is 0. The van der Waals surface area contributed by atoms with Crippen LogP contribution in [0.1, 0.15) is 141 Å². The number of hydrogen-bond acceptors (Lipinski definition) is 15. The van der Waals surface area contributed by atoms with E-state index in [9.17, 15) is 53.9 Å². The number of terminal acetylenes is 1. The van der Waals surface area contributed by atoms with Crippen LogP contribution in [0.4, 0.5) is 39.5 Å². The molecule has 0 radical (unpaired) electrons. The molecule has 122 heavy (non-hydrogen) atoms. The second kappa shape index (κ2) is 43.2. The van der Waals surface area contributed by atoms with Crippen LogP contribution in [-0.2, 0) is 57.4 Å². The standard InChI is InChI=1S/2C30H28F3N5O.C24H25F3N2O.C6H4BrN3.2CH4.2ClH/c2*1-21-5-7-24(18-23(21)9-10-26-19-34-29-4-3-11-35-38(26)29)28(39)17-22-6-8-25(27(16-22)30(31,32)33)20-37-14-12-36(2)13-15-37;1-4-19-15-20(7-5-17(19)2)23(30)14-18-6-8-21(22(13-18)24(25,26)27)16-29-11-9-28(3)10-12-29;7-5-4-8-6-2-1-3-9-10(5)6;;;;/h2*3-8,11,16,18-19H,12-15,17,20H2,1-2H3;1,5-8,13,15H,9-12,14,16H2,2-3H3;1-4H;2*1H4;2*1H. The molecule has 3 fully saturated rings. The highest BCUT2D eigenvalue weighted by molar-refractivity contribution is 9.10. The Labute approximate surface area is 725 Å². The van der Waals surface area contributed by atoms with E-state index in [1.54, 1.807) is 136 Å². The summed E-state index contributed by atoms with van der Waals surface area (Å²) in [6.07, 6.45) is 1.60. The molecule has 3 aliphatic heterocycles. The summed E-state index contributed by atoms with van der Waals surface area (Å²) in [6, 6.07) is 39.1. The van der Waals surface area contributed by atoms with Crippen LogP contribution in [0.25, 0.3) is 16.9 Å². The van der Waals surface area contributed by atoms with E-state index in [-0.39, 0.29) is 113 Å². The molecule has 0 aliphatic carbocycles. The van der Waals surface area contributed by atoms with Crippen LogP contribution in [-0.4, -0.2) is 190 Å². The Balaban J connectivity index is 0.000000212. The molecule has 0 saturated carbocycles. The highest BCUT2D eigenvalue weighted by atomic mass is 79.9. The zero-order chi connectivity index (χ0) is 84.0. The number of aromatic nitrogens is 9. The molecule has 0 atom stereocenters. The summed E-state index contributed by atoms with van der Waals surface area (Å²) in [5.74, 6) is 14.0. The van der Waals surface area contributed by atoms with Gasteiger partial charge in [0.2, 0.25) is 0 Å². The molecule has 6 aromatic heterocycles. The number of carbonyl (C=O) groups excluding carboxylic acids is 3. The number of nitrogens with zero attached hydrogens (tertiary/aromatic N) is 15. The minimum absolute atomic E-state index is 0. The normalized spacial score (nSPS) is 14.2. The number of Topliss-reactive ketones (excluding diaryl/α,β-unsaturated/α-hetero) is 3. The Morgan fingerprint density at radius 2 is 0.689 bits per heavy atom. The van der Waals surface area contributed by atoms with Crippen molar-refractivity contribution >= 4 is 75.0 Å². The van der Waals surface area contributed by atoms with Gasteiger partial charge >= 0.3 is 18.5 Å². The Kier molecular flexibility index (Phi) is 34.2. The number of carbonyl (C=O) groups is 3. The van der Waals surface area contributed by atoms with E-state index in [0.717, 1.165) is 124 Å². The van der Waals surface area contributed by atoms with Gasteiger partial charge in [0.05, 0.1) is 35.3 Å². The molecule has 0 bridgehead atoms. The Morgan fingerprint density at radius 1 is 0.393 bits per heavy atom. The second-order valence-corrected chi connectivity index (χ2v) is 30.3. The number of benzene rings is 6. The van der Waals surface area contributed by atoms with E-state index in [0.29, 0.717) is 72.8 Å². The highest BCUT2D eigenvalue weighted by Gasteiger charge is 2.37. The van der Waals surface area contributed by atoms with Gasteiger partial charge < -0.3 is 14.7 Å². The van der Waals surface area contributed by atoms with Gasteiger partial charge in [-0.25, -0.2) is 28.5 Å². The van der Waals surface area contributed by atoms with Crippen LogP contribution in [0.5, 0.6) is 0 Å². The zero-order valence-corrected chi connectivity index (χ0v) is 69.9. The van der Waals surface area contributed by atoms with Crippen LogP contribution in [0.3, 0.4) is 0 Å². The maximum atomic E-state index is 14.0. The largest absolute Gasteiger partial charge is 0.416 e. The van der Waals surface area contributed by atoms with Crippen molar-refractivity contribution in [2.75, 3.05) is 99.7 Å². The van der Waals surface area contributed by atoms with Gasteiger partial charge in [0.1, 0.15) is 16.0 Å². The number of imidazole rings is 3. The lowest BCUT2D eigenvalue weighted by molar-refractivity contribution is -0.139. The lowest BCUT2D eigenvalue weighted by Gasteiger charge is -2.33. The number of likely N-dealkylation sites (N-methyl/N-ethyl adjacent to an activating group) is 3. The molecule has 15 rings (SSSR count). The van der Waals surface area contributed by atoms with Gasteiger partial charge in [0.25, 0.3) is 0 Å². The van der Waals surface area contributed by atoms with Gasteiger partial charge in [0.15, 0.2) is 34.3 Å². The Morgan fingerprint density at radius 3 is 1.00 bits per heavy atom. The van der Waals surface area contributed by atoms with Crippen LogP contribution in [0.15, 0.2) is 187 Å². The fraction of sp³-hybridized carbons (Fsp3) is 0.315. The van der Waals surface area contributed by atoms with Gasteiger partial charge in [-0.05, 0) is 193 Å². The van der Waals surface area contributed by atoms with Gasteiger partial charge in [-0.3, -0.25) is 29.1 Å². The quantitative estimate of drug-likeness (QED) is 0.0541. The summed E-state index contributed by atoms with van der Waals surface area (Å²) < 4.78 is 131. The maximum Gasteiger partial charge on any atom is 0.416 e. The molecule has 30 heteroatoms. The molecular formula is C92H95BrCl2F9N15O3. The smallest absolute Gasteiger partial charge is 0.304 e. The fourth-order valence-corrected chi connectivity index (χ4v) is 14.1. The first-order valence-electron chi connectivity index (χ1n) is 38.1.